The summed E-state index contributed by atoms with van der Waals surface area (Å²) >= 11 is 0. The van der Waals surface area contributed by atoms with E-state index in [4.69, 9.17) is 5.11 Å². The second-order valence-electron chi connectivity index (χ2n) is 7.91. The Kier molecular flexibility index (Phi) is 6.48. The summed E-state index contributed by atoms with van der Waals surface area (Å²) in [5, 5.41) is 9.08. The number of piperidine rings is 2. The normalized spacial score (nSPS) is 21.0. The van der Waals surface area contributed by atoms with Gasteiger partial charge >= 0.3 is 5.97 Å². The first-order chi connectivity index (χ1) is 12.5. The van der Waals surface area contributed by atoms with Crippen LogP contribution < -0.4 is 4.90 Å². The average Bonchev–Trinajstić information content (AvgIpc) is 2.67. The summed E-state index contributed by atoms with van der Waals surface area (Å²) in [6.07, 6.45) is 6.34. The molecule has 0 unspecified atom stereocenters. The van der Waals surface area contributed by atoms with Gasteiger partial charge < -0.3 is 19.8 Å². The Morgan fingerprint density at radius 3 is 2.54 bits per heavy atom. The van der Waals surface area contributed by atoms with Gasteiger partial charge in [-0.3, -0.25) is 0 Å². The highest BCUT2D eigenvalue weighted by molar-refractivity contribution is 5.85. The van der Waals surface area contributed by atoms with Crippen LogP contribution in [0.25, 0.3) is 0 Å². The topological polar surface area (TPSA) is 59.9 Å². The summed E-state index contributed by atoms with van der Waals surface area (Å²) < 4.78 is 0. The van der Waals surface area contributed by atoms with Crippen molar-refractivity contribution in [2.45, 2.75) is 38.1 Å². The first-order valence-electron chi connectivity index (χ1n) is 9.87. The maximum atomic E-state index is 11.1. The average molecular weight is 361 g/mol. The molecule has 6 heteroatoms. The van der Waals surface area contributed by atoms with Gasteiger partial charge in [0.15, 0.2) is 5.69 Å². The standard InChI is InChI=1S/C20H32N4O2/c1-22-11-9-17(10-12-22)24-14-7-16(8-15-24)6-13-23(2)19-5-3-4-18(21-19)20(25)26/h3-5,16-17H,6-15H2,1-2H3,(H,25,26). The van der Waals surface area contributed by atoms with Crippen LogP contribution in [0.3, 0.4) is 0 Å². The molecule has 6 nitrogen and oxygen atoms in total. The molecule has 0 bridgehead atoms. The number of nitrogens with zero attached hydrogens (tertiary/aromatic N) is 4. The number of aromatic carboxylic acids is 1. The predicted octanol–water partition coefficient (Wildman–Crippen LogP) is 2.41. The molecular weight excluding hydrogens is 328 g/mol. The number of likely N-dealkylation sites (tertiary alicyclic amines) is 2. The van der Waals surface area contributed by atoms with Crippen LogP contribution in [0, 0.1) is 5.92 Å². The number of rotatable bonds is 6. The van der Waals surface area contributed by atoms with Gasteiger partial charge in [-0.05, 0) is 83.4 Å². The summed E-state index contributed by atoms with van der Waals surface area (Å²) in [6, 6.07) is 5.98. The van der Waals surface area contributed by atoms with E-state index in [1.54, 1.807) is 12.1 Å². The van der Waals surface area contributed by atoms with Gasteiger partial charge in [0.1, 0.15) is 5.82 Å². The fraction of sp³-hybridized carbons (Fsp3) is 0.700. The van der Waals surface area contributed by atoms with Crippen molar-refractivity contribution in [3.05, 3.63) is 23.9 Å². The lowest BCUT2D eigenvalue weighted by Crippen LogP contribution is -2.47. The predicted molar refractivity (Wildman–Crippen MR) is 104 cm³/mol. The number of pyridine rings is 1. The minimum absolute atomic E-state index is 0.112. The first kappa shape index (κ1) is 19.1. The fourth-order valence-electron chi connectivity index (χ4n) is 4.21. The van der Waals surface area contributed by atoms with Crippen LogP contribution in [0.4, 0.5) is 5.82 Å². The number of carboxylic acid groups (broad SMARTS) is 1. The molecule has 0 radical (unpaired) electrons. The van der Waals surface area contributed by atoms with Gasteiger partial charge in [0.2, 0.25) is 0 Å². The zero-order chi connectivity index (χ0) is 18.5. The lowest BCUT2D eigenvalue weighted by atomic mass is 9.91. The molecule has 0 atom stereocenters. The number of anilines is 1. The second kappa shape index (κ2) is 8.82. The van der Waals surface area contributed by atoms with Gasteiger partial charge in [0.05, 0.1) is 0 Å². The molecular formula is C20H32N4O2. The summed E-state index contributed by atoms with van der Waals surface area (Å²) in [5.41, 5.74) is 0.112. The number of hydrogen-bond acceptors (Lipinski definition) is 5. The van der Waals surface area contributed by atoms with E-state index in [-0.39, 0.29) is 5.69 Å². The fourth-order valence-corrected chi connectivity index (χ4v) is 4.21. The van der Waals surface area contributed by atoms with Crippen molar-refractivity contribution in [3.8, 4) is 0 Å². The van der Waals surface area contributed by atoms with Crippen molar-refractivity contribution in [3.63, 3.8) is 0 Å². The SMILES string of the molecule is CN1CCC(N2CCC(CCN(C)c3cccc(C(=O)O)n3)CC2)CC1. The molecule has 2 fully saturated rings. The molecule has 0 aliphatic carbocycles. The number of carbonyl (C=O) groups is 1. The van der Waals surface area contributed by atoms with Gasteiger partial charge in [-0.1, -0.05) is 6.07 Å². The van der Waals surface area contributed by atoms with E-state index in [0.29, 0.717) is 0 Å². The van der Waals surface area contributed by atoms with Gasteiger partial charge in [-0.15, -0.1) is 0 Å². The second-order valence-corrected chi connectivity index (χ2v) is 7.91. The zero-order valence-corrected chi connectivity index (χ0v) is 16.1. The van der Waals surface area contributed by atoms with E-state index in [1.165, 1.54) is 51.9 Å². The molecule has 3 heterocycles. The summed E-state index contributed by atoms with van der Waals surface area (Å²) in [7, 11) is 4.22. The first-order valence-corrected chi connectivity index (χ1v) is 9.87. The number of hydrogen-bond donors (Lipinski definition) is 1. The van der Waals surface area contributed by atoms with Crippen molar-refractivity contribution in [2.75, 3.05) is 51.7 Å². The highest BCUT2D eigenvalue weighted by Gasteiger charge is 2.27. The van der Waals surface area contributed by atoms with Crippen LogP contribution in [0.2, 0.25) is 0 Å². The van der Waals surface area contributed by atoms with E-state index in [2.05, 4.69) is 26.7 Å². The highest BCUT2D eigenvalue weighted by atomic mass is 16.4. The molecule has 144 valence electrons. The Bertz CT molecular complexity index is 593. The van der Waals surface area contributed by atoms with Crippen LogP contribution in [-0.4, -0.2) is 78.7 Å². The molecule has 0 spiro atoms. The third-order valence-electron chi connectivity index (χ3n) is 6.07. The molecule has 2 aliphatic rings. The molecule has 1 aromatic heterocycles. The van der Waals surface area contributed by atoms with Crippen LogP contribution in [-0.2, 0) is 0 Å². The highest BCUT2D eigenvalue weighted by Crippen LogP contribution is 2.26. The van der Waals surface area contributed by atoms with E-state index in [1.807, 2.05) is 13.1 Å². The molecule has 0 aromatic carbocycles. The quantitative estimate of drug-likeness (QED) is 0.841. The number of aromatic nitrogens is 1. The van der Waals surface area contributed by atoms with E-state index in [9.17, 15) is 4.79 Å². The van der Waals surface area contributed by atoms with Crippen LogP contribution >= 0.6 is 0 Å². The zero-order valence-electron chi connectivity index (χ0n) is 16.1. The minimum atomic E-state index is -0.971. The summed E-state index contributed by atoms with van der Waals surface area (Å²) in [6.45, 7) is 5.86. The van der Waals surface area contributed by atoms with E-state index in [0.717, 1.165) is 30.7 Å². The van der Waals surface area contributed by atoms with Gasteiger partial charge in [-0.25, -0.2) is 9.78 Å². The molecule has 1 aromatic rings. The Morgan fingerprint density at radius 1 is 1.19 bits per heavy atom. The Balaban J connectivity index is 1.42. The lowest BCUT2D eigenvalue weighted by Gasteiger charge is -2.41. The molecule has 3 rings (SSSR count). The molecule has 1 N–H and O–H groups in total. The van der Waals surface area contributed by atoms with Gasteiger partial charge in [0.25, 0.3) is 0 Å². The monoisotopic (exact) mass is 360 g/mol. The van der Waals surface area contributed by atoms with Crippen LogP contribution in [0.1, 0.15) is 42.6 Å². The third kappa shape index (κ3) is 4.95. The number of carboxylic acids is 1. The third-order valence-corrected chi connectivity index (χ3v) is 6.07. The minimum Gasteiger partial charge on any atom is -0.477 e. The largest absolute Gasteiger partial charge is 0.477 e. The maximum absolute atomic E-state index is 11.1. The van der Waals surface area contributed by atoms with Crippen molar-refractivity contribution >= 4 is 11.8 Å². The Hall–Kier alpha value is -1.66. The van der Waals surface area contributed by atoms with Crippen LogP contribution in [0.15, 0.2) is 18.2 Å². The maximum Gasteiger partial charge on any atom is 0.354 e. The van der Waals surface area contributed by atoms with Crippen molar-refractivity contribution < 1.29 is 9.90 Å². The molecule has 0 saturated carbocycles. The molecule has 2 aliphatic heterocycles. The van der Waals surface area contributed by atoms with Crippen LogP contribution in [0.5, 0.6) is 0 Å². The van der Waals surface area contributed by atoms with E-state index >= 15 is 0 Å². The molecule has 2 saturated heterocycles. The van der Waals surface area contributed by atoms with E-state index < -0.39 is 5.97 Å². The van der Waals surface area contributed by atoms with Crippen molar-refractivity contribution in [1.82, 2.24) is 14.8 Å². The summed E-state index contributed by atoms with van der Waals surface area (Å²) in [5.74, 6) is 0.540. The Labute approximate surface area is 156 Å². The lowest BCUT2D eigenvalue weighted by molar-refractivity contribution is 0.0690. The smallest absolute Gasteiger partial charge is 0.354 e. The summed E-state index contributed by atoms with van der Waals surface area (Å²) in [4.78, 5) is 22.5. The van der Waals surface area contributed by atoms with Gasteiger partial charge in [0, 0.05) is 19.6 Å². The molecule has 0 amide bonds. The van der Waals surface area contributed by atoms with Crippen molar-refractivity contribution in [2.24, 2.45) is 5.92 Å². The Morgan fingerprint density at radius 2 is 1.88 bits per heavy atom. The van der Waals surface area contributed by atoms with Crippen molar-refractivity contribution in [1.29, 1.82) is 0 Å². The molecule has 26 heavy (non-hydrogen) atoms. The van der Waals surface area contributed by atoms with Gasteiger partial charge in [-0.2, -0.15) is 0 Å².